The minimum Gasteiger partial charge on any atom is -0.497 e. The maximum Gasteiger partial charge on any atom is 0.223 e. The Morgan fingerprint density at radius 3 is 2.46 bits per heavy atom. The second-order valence-electron chi connectivity index (χ2n) is 8.49. The Morgan fingerprint density at radius 2 is 1.77 bits per heavy atom. The summed E-state index contributed by atoms with van der Waals surface area (Å²) in [6.07, 6.45) is 1.58. The van der Waals surface area contributed by atoms with E-state index in [1.165, 1.54) is 0 Å². The van der Waals surface area contributed by atoms with Gasteiger partial charge in [-0.15, -0.1) is 21.5 Å². The Bertz CT molecular complexity index is 1250. The average Bonchev–Trinajstić information content (AvgIpc) is 3.42. The smallest absolute Gasteiger partial charge is 0.223 e. The number of amides is 1. The molecule has 1 aliphatic rings. The van der Waals surface area contributed by atoms with Crippen molar-refractivity contribution in [3.8, 4) is 27.6 Å². The van der Waals surface area contributed by atoms with Crippen LogP contribution in [0.4, 0.5) is 5.82 Å². The summed E-state index contributed by atoms with van der Waals surface area (Å²) in [5, 5.41) is 14.9. The number of benzene rings is 2. The zero-order valence-electron chi connectivity index (χ0n) is 19.6. The molecule has 4 aromatic rings. The Morgan fingerprint density at radius 1 is 1.00 bits per heavy atom. The van der Waals surface area contributed by atoms with Crippen molar-refractivity contribution in [2.24, 2.45) is 5.92 Å². The van der Waals surface area contributed by atoms with E-state index in [9.17, 15) is 4.79 Å². The van der Waals surface area contributed by atoms with Gasteiger partial charge in [-0.25, -0.2) is 4.98 Å². The largest absolute Gasteiger partial charge is 0.497 e. The van der Waals surface area contributed by atoms with Crippen LogP contribution < -0.4 is 15.0 Å². The van der Waals surface area contributed by atoms with Crippen molar-refractivity contribution in [1.82, 2.24) is 20.5 Å². The SMILES string of the molecule is COc1ccc(-c2ccc(N3CCC(C(=O)NCc4csc(-c5ccccc5)n4)CC3)nn2)cc1. The summed E-state index contributed by atoms with van der Waals surface area (Å²) in [5.74, 6) is 1.76. The molecule has 178 valence electrons. The summed E-state index contributed by atoms with van der Waals surface area (Å²) < 4.78 is 5.21. The van der Waals surface area contributed by atoms with Gasteiger partial charge >= 0.3 is 0 Å². The number of carbonyl (C=O) groups excluding carboxylic acids is 1. The number of hydrogen-bond acceptors (Lipinski definition) is 7. The number of hydrogen-bond donors (Lipinski definition) is 1. The molecular weight excluding hydrogens is 458 g/mol. The zero-order valence-corrected chi connectivity index (χ0v) is 20.4. The van der Waals surface area contributed by atoms with E-state index in [0.717, 1.165) is 65.0 Å². The van der Waals surface area contributed by atoms with Crippen LogP contribution in [-0.4, -0.2) is 41.3 Å². The number of thiazole rings is 1. The van der Waals surface area contributed by atoms with Crippen molar-refractivity contribution in [3.05, 3.63) is 77.8 Å². The number of rotatable bonds is 7. The van der Waals surface area contributed by atoms with Gasteiger partial charge in [0.2, 0.25) is 5.91 Å². The standard InChI is InChI=1S/C27H27N5O2S/c1-34-23-9-7-19(8-10-23)24-11-12-25(31-30-24)32-15-13-20(14-16-32)26(33)28-17-22-18-35-27(29-22)21-5-3-2-4-6-21/h2-12,18,20H,13-17H2,1H3,(H,28,33). The minimum absolute atomic E-state index is 0.00464. The number of anilines is 1. The van der Waals surface area contributed by atoms with E-state index in [2.05, 4.69) is 25.4 Å². The van der Waals surface area contributed by atoms with Crippen molar-refractivity contribution >= 4 is 23.1 Å². The summed E-state index contributed by atoms with van der Waals surface area (Å²) in [7, 11) is 1.65. The molecular formula is C27H27N5O2S. The van der Waals surface area contributed by atoms with Crippen LogP contribution in [-0.2, 0) is 11.3 Å². The van der Waals surface area contributed by atoms with Gasteiger partial charge in [-0.05, 0) is 49.2 Å². The lowest BCUT2D eigenvalue weighted by Gasteiger charge is -2.31. The molecule has 0 saturated carbocycles. The van der Waals surface area contributed by atoms with E-state index in [1.807, 2.05) is 72.1 Å². The molecule has 3 heterocycles. The van der Waals surface area contributed by atoms with Gasteiger partial charge < -0.3 is 15.0 Å². The van der Waals surface area contributed by atoms with Crippen LogP contribution in [0, 0.1) is 5.92 Å². The molecule has 8 heteroatoms. The molecule has 2 aromatic carbocycles. The van der Waals surface area contributed by atoms with Crippen LogP contribution in [0.5, 0.6) is 5.75 Å². The monoisotopic (exact) mass is 485 g/mol. The quantitative estimate of drug-likeness (QED) is 0.405. The van der Waals surface area contributed by atoms with Gasteiger partial charge in [-0.3, -0.25) is 4.79 Å². The summed E-state index contributed by atoms with van der Waals surface area (Å²) in [5.41, 5.74) is 3.81. The number of piperidine rings is 1. The molecule has 5 rings (SSSR count). The van der Waals surface area contributed by atoms with Gasteiger partial charge in [0.25, 0.3) is 0 Å². The maximum absolute atomic E-state index is 12.7. The van der Waals surface area contributed by atoms with Crippen molar-refractivity contribution in [1.29, 1.82) is 0 Å². The molecule has 0 bridgehead atoms. The molecule has 0 radical (unpaired) electrons. The van der Waals surface area contributed by atoms with Crippen molar-refractivity contribution in [3.63, 3.8) is 0 Å². The highest BCUT2D eigenvalue weighted by Crippen LogP contribution is 2.26. The summed E-state index contributed by atoms with van der Waals surface area (Å²) >= 11 is 1.60. The van der Waals surface area contributed by atoms with Crippen LogP contribution in [0.3, 0.4) is 0 Å². The van der Waals surface area contributed by atoms with Crippen LogP contribution in [0.2, 0.25) is 0 Å². The van der Waals surface area contributed by atoms with Gasteiger partial charge in [0.15, 0.2) is 5.82 Å². The molecule has 0 aliphatic carbocycles. The summed E-state index contributed by atoms with van der Waals surface area (Å²) in [4.78, 5) is 19.6. The highest BCUT2D eigenvalue weighted by atomic mass is 32.1. The molecule has 0 unspecified atom stereocenters. The highest BCUT2D eigenvalue weighted by molar-refractivity contribution is 7.13. The van der Waals surface area contributed by atoms with Gasteiger partial charge in [0.1, 0.15) is 10.8 Å². The molecule has 1 fully saturated rings. The second-order valence-corrected chi connectivity index (χ2v) is 9.35. The molecule has 35 heavy (non-hydrogen) atoms. The molecule has 0 atom stereocenters. The van der Waals surface area contributed by atoms with E-state index < -0.39 is 0 Å². The van der Waals surface area contributed by atoms with Gasteiger partial charge in [0.05, 0.1) is 25.0 Å². The first-order chi connectivity index (χ1) is 17.2. The Hall–Kier alpha value is -3.78. The van der Waals surface area contributed by atoms with Gasteiger partial charge in [-0.1, -0.05) is 30.3 Å². The predicted molar refractivity (Wildman–Crippen MR) is 138 cm³/mol. The van der Waals surface area contributed by atoms with Gasteiger partial charge in [-0.2, -0.15) is 0 Å². The number of ether oxygens (including phenoxy) is 1. The fourth-order valence-electron chi connectivity index (χ4n) is 4.20. The third kappa shape index (κ3) is 5.49. The van der Waals surface area contributed by atoms with Crippen LogP contribution >= 0.6 is 11.3 Å². The van der Waals surface area contributed by atoms with Crippen LogP contribution in [0.25, 0.3) is 21.8 Å². The minimum atomic E-state index is 0.00464. The highest BCUT2D eigenvalue weighted by Gasteiger charge is 2.25. The van der Waals surface area contributed by atoms with Gasteiger partial charge in [0, 0.05) is 35.5 Å². The van der Waals surface area contributed by atoms with E-state index >= 15 is 0 Å². The van der Waals surface area contributed by atoms with E-state index in [4.69, 9.17) is 4.74 Å². The third-order valence-electron chi connectivity index (χ3n) is 6.24. The Balaban J connectivity index is 1.11. The Labute approximate surface area is 208 Å². The van der Waals surface area contributed by atoms with E-state index in [0.29, 0.717) is 6.54 Å². The third-order valence-corrected chi connectivity index (χ3v) is 7.18. The number of aromatic nitrogens is 3. The van der Waals surface area contributed by atoms with Crippen molar-refractivity contribution in [2.45, 2.75) is 19.4 Å². The normalized spacial score (nSPS) is 14.0. The molecule has 0 spiro atoms. The Kier molecular flexibility index (Phi) is 6.99. The molecule has 7 nitrogen and oxygen atoms in total. The number of methoxy groups -OCH3 is 1. The lowest BCUT2D eigenvalue weighted by atomic mass is 9.96. The first-order valence-electron chi connectivity index (χ1n) is 11.7. The van der Waals surface area contributed by atoms with Crippen molar-refractivity contribution < 1.29 is 9.53 Å². The number of nitrogens with zero attached hydrogens (tertiary/aromatic N) is 4. The van der Waals surface area contributed by atoms with Crippen LogP contribution in [0.1, 0.15) is 18.5 Å². The van der Waals surface area contributed by atoms with E-state index in [-0.39, 0.29) is 11.8 Å². The zero-order chi connectivity index (χ0) is 24.0. The average molecular weight is 486 g/mol. The summed E-state index contributed by atoms with van der Waals surface area (Å²) in [6, 6.07) is 21.9. The number of nitrogens with one attached hydrogen (secondary N) is 1. The number of carbonyl (C=O) groups is 1. The molecule has 2 aromatic heterocycles. The summed E-state index contributed by atoms with van der Waals surface area (Å²) in [6.45, 7) is 2.02. The molecule has 1 saturated heterocycles. The predicted octanol–water partition coefficient (Wildman–Crippen LogP) is 4.81. The first kappa shape index (κ1) is 23.0. The molecule has 1 aliphatic heterocycles. The topological polar surface area (TPSA) is 80.2 Å². The first-order valence-corrected chi connectivity index (χ1v) is 12.6. The second kappa shape index (κ2) is 10.7. The molecule has 1 amide bonds. The van der Waals surface area contributed by atoms with E-state index in [1.54, 1.807) is 18.4 Å². The molecule has 1 N–H and O–H groups in total. The maximum atomic E-state index is 12.7. The lowest BCUT2D eigenvalue weighted by molar-refractivity contribution is -0.125. The lowest BCUT2D eigenvalue weighted by Crippen LogP contribution is -2.40. The van der Waals surface area contributed by atoms with Crippen molar-refractivity contribution in [2.75, 3.05) is 25.1 Å². The fourth-order valence-corrected chi connectivity index (χ4v) is 5.03. The van der Waals surface area contributed by atoms with Crippen LogP contribution in [0.15, 0.2) is 72.1 Å². The fraction of sp³-hybridized carbons (Fsp3) is 0.259.